The molecule has 0 saturated carbocycles. The third kappa shape index (κ3) is 5.69. The molecule has 1 aliphatic heterocycles. The molecule has 0 spiro atoms. The van der Waals surface area contributed by atoms with E-state index in [1.807, 2.05) is 24.0 Å². The monoisotopic (exact) mass is 560 g/mol. The van der Waals surface area contributed by atoms with E-state index in [1.54, 1.807) is 43.7 Å². The first kappa shape index (κ1) is 26.9. The highest BCUT2D eigenvalue weighted by Gasteiger charge is 2.37. The number of urea groups is 1. The summed E-state index contributed by atoms with van der Waals surface area (Å²) < 4.78 is 0.687. The number of carbonyl (C=O) groups is 3. The van der Waals surface area contributed by atoms with Gasteiger partial charge in [0.15, 0.2) is 5.13 Å². The summed E-state index contributed by atoms with van der Waals surface area (Å²) in [5, 5.41) is 18.2. The minimum absolute atomic E-state index is 0.263. The number of hydrogen-bond acceptors (Lipinski definition) is 9. The topological polar surface area (TPSA) is 162 Å². The largest absolute Gasteiger partial charge is 0.481 e. The maximum absolute atomic E-state index is 12.9. The van der Waals surface area contributed by atoms with Crippen molar-refractivity contribution in [2.75, 3.05) is 35.2 Å². The Balaban J connectivity index is 1.44. The molecule has 1 fully saturated rings. The standard InChI is InChI=1S/C27H28N8O4S/c1-3-28-25(39)34-26-33-20-13-16(12-19(21(20)40-26)32-22(36)18-6-4-5-9-29-18)17-14-30-24(31-15-17)35-10-7-27(2,8-11-35)23(37)38/h4-6,9,12-15H,3,7-8,10-11H2,1-2H3,(H,32,36)(H,37,38)(H2,28,33,34,39). The Kier molecular flexibility index (Phi) is 7.56. The number of aliphatic carboxylic acids is 1. The van der Waals surface area contributed by atoms with Crippen molar-refractivity contribution >= 4 is 56.2 Å². The second-order valence-corrected chi connectivity index (χ2v) is 10.7. The molecule has 13 heteroatoms. The molecule has 4 heterocycles. The van der Waals surface area contributed by atoms with Gasteiger partial charge >= 0.3 is 12.0 Å². The molecule has 40 heavy (non-hydrogen) atoms. The van der Waals surface area contributed by atoms with E-state index in [-0.39, 0.29) is 17.6 Å². The van der Waals surface area contributed by atoms with Crippen LogP contribution in [0, 0.1) is 5.41 Å². The molecule has 0 radical (unpaired) electrons. The second-order valence-electron chi connectivity index (χ2n) is 9.67. The number of carboxylic acid groups (broad SMARTS) is 1. The molecule has 5 rings (SSSR count). The quantitative estimate of drug-likeness (QED) is 0.259. The molecule has 0 bridgehead atoms. The number of benzene rings is 1. The van der Waals surface area contributed by atoms with Crippen LogP contribution in [-0.2, 0) is 4.79 Å². The van der Waals surface area contributed by atoms with Gasteiger partial charge in [-0.3, -0.25) is 19.9 Å². The summed E-state index contributed by atoms with van der Waals surface area (Å²) in [4.78, 5) is 56.3. The van der Waals surface area contributed by atoms with Crippen LogP contribution in [0.1, 0.15) is 37.2 Å². The Bertz CT molecular complexity index is 1550. The average Bonchev–Trinajstić information content (AvgIpc) is 3.36. The van der Waals surface area contributed by atoms with E-state index in [1.165, 1.54) is 11.3 Å². The van der Waals surface area contributed by atoms with Gasteiger partial charge in [-0.1, -0.05) is 17.4 Å². The number of carboxylic acids is 1. The fourth-order valence-electron chi connectivity index (χ4n) is 4.38. The summed E-state index contributed by atoms with van der Waals surface area (Å²) in [7, 11) is 0. The summed E-state index contributed by atoms with van der Waals surface area (Å²) in [5.41, 5.74) is 2.05. The predicted molar refractivity (Wildman–Crippen MR) is 153 cm³/mol. The zero-order chi connectivity index (χ0) is 28.3. The van der Waals surface area contributed by atoms with Crippen molar-refractivity contribution in [3.05, 3.63) is 54.6 Å². The number of pyridine rings is 1. The van der Waals surface area contributed by atoms with Gasteiger partial charge in [-0.25, -0.2) is 19.7 Å². The average molecular weight is 561 g/mol. The van der Waals surface area contributed by atoms with Gasteiger partial charge in [-0.15, -0.1) is 0 Å². The van der Waals surface area contributed by atoms with Crippen LogP contribution in [-0.4, -0.2) is 62.6 Å². The number of nitrogens with zero attached hydrogens (tertiary/aromatic N) is 5. The lowest BCUT2D eigenvalue weighted by molar-refractivity contribution is -0.149. The zero-order valence-corrected chi connectivity index (χ0v) is 22.8. The predicted octanol–water partition coefficient (Wildman–Crippen LogP) is 4.23. The van der Waals surface area contributed by atoms with Gasteiger partial charge in [0.2, 0.25) is 5.95 Å². The van der Waals surface area contributed by atoms with Gasteiger partial charge in [-0.05, 0) is 56.5 Å². The summed E-state index contributed by atoms with van der Waals surface area (Å²) in [5.74, 6) is -0.630. The van der Waals surface area contributed by atoms with Gasteiger partial charge in [0.05, 0.1) is 21.3 Å². The molecule has 12 nitrogen and oxygen atoms in total. The van der Waals surface area contributed by atoms with E-state index in [9.17, 15) is 19.5 Å². The number of fused-ring (bicyclic) bond motifs is 1. The third-order valence-electron chi connectivity index (χ3n) is 6.83. The molecular weight excluding hydrogens is 532 g/mol. The number of hydrogen-bond donors (Lipinski definition) is 4. The van der Waals surface area contributed by atoms with E-state index in [0.29, 0.717) is 65.0 Å². The van der Waals surface area contributed by atoms with E-state index >= 15 is 0 Å². The number of piperidine rings is 1. The first-order valence-electron chi connectivity index (χ1n) is 12.8. The normalized spacial score (nSPS) is 14.5. The van der Waals surface area contributed by atoms with E-state index in [0.717, 1.165) is 5.56 Å². The highest BCUT2D eigenvalue weighted by atomic mass is 32.1. The number of nitrogens with one attached hydrogen (secondary N) is 3. The van der Waals surface area contributed by atoms with Crippen LogP contribution in [0.3, 0.4) is 0 Å². The molecule has 0 atom stereocenters. The Morgan fingerprint density at radius 3 is 2.45 bits per heavy atom. The zero-order valence-electron chi connectivity index (χ0n) is 22.0. The fourth-order valence-corrected chi connectivity index (χ4v) is 5.29. The van der Waals surface area contributed by atoms with Crippen LogP contribution < -0.4 is 20.9 Å². The Labute approximate surface area is 233 Å². The van der Waals surface area contributed by atoms with E-state index in [4.69, 9.17) is 0 Å². The molecule has 0 aliphatic carbocycles. The summed E-state index contributed by atoms with van der Waals surface area (Å²) >= 11 is 1.24. The second kappa shape index (κ2) is 11.2. The molecule has 0 unspecified atom stereocenters. The van der Waals surface area contributed by atoms with Crippen molar-refractivity contribution in [1.29, 1.82) is 0 Å². The van der Waals surface area contributed by atoms with E-state index < -0.39 is 11.4 Å². The third-order valence-corrected chi connectivity index (χ3v) is 7.85. The van der Waals surface area contributed by atoms with Gasteiger partial charge in [-0.2, -0.15) is 0 Å². The number of anilines is 3. The van der Waals surface area contributed by atoms with Crippen molar-refractivity contribution in [2.24, 2.45) is 5.41 Å². The molecule has 206 valence electrons. The SMILES string of the molecule is CCNC(=O)Nc1nc2cc(-c3cnc(N4CCC(C)(C(=O)O)CC4)nc3)cc(NC(=O)c3ccccn3)c2s1. The maximum Gasteiger partial charge on any atom is 0.321 e. The fraction of sp³-hybridized carbons (Fsp3) is 0.296. The van der Waals surface area contributed by atoms with Gasteiger partial charge in [0.25, 0.3) is 5.91 Å². The smallest absolute Gasteiger partial charge is 0.321 e. The summed E-state index contributed by atoms with van der Waals surface area (Å²) in [6, 6.07) is 8.38. The highest BCUT2D eigenvalue weighted by molar-refractivity contribution is 7.23. The number of rotatable bonds is 7. The molecule has 1 aliphatic rings. The lowest BCUT2D eigenvalue weighted by Crippen LogP contribution is -2.43. The Hall–Kier alpha value is -4.65. The lowest BCUT2D eigenvalue weighted by atomic mass is 9.80. The molecular formula is C27H28N8O4S. The minimum atomic E-state index is -0.781. The minimum Gasteiger partial charge on any atom is -0.481 e. The number of aromatic nitrogens is 4. The van der Waals surface area contributed by atoms with E-state index in [2.05, 4.69) is 35.9 Å². The maximum atomic E-state index is 12.9. The molecule has 4 N–H and O–H groups in total. The number of thiazole rings is 1. The van der Waals surface area contributed by atoms with Crippen molar-refractivity contribution < 1.29 is 19.5 Å². The molecule has 3 amide bonds. The van der Waals surface area contributed by atoms with Crippen LogP contribution in [0.2, 0.25) is 0 Å². The lowest BCUT2D eigenvalue weighted by Gasteiger charge is -2.36. The first-order valence-corrected chi connectivity index (χ1v) is 13.6. The van der Waals surface area contributed by atoms with Crippen LogP contribution in [0.15, 0.2) is 48.9 Å². The molecule has 1 saturated heterocycles. The van der Waals surface area contributed by atoms with Gasteiger partial charge in [0, 0.05) is 43.8 Å². The molecule has 4 aromatic rings. The molecule has 1 aromatic carbocycles. The number of amides is 3. The Morgan fingerprint density at radius 1 is 1.05 bits per heavy atom. The molecule has 3 aromatic heterocycles. The summed E-state index contributed by atoms with van der Waals surface area (Å²) in [6.45, 7) is 5.17. The van der Waals surface area contributed by atoms with Crippen LogP contribution >= 0.6 is 11.3 Å². The number of carbonyl (C=O) groups excluding carboxylic acids is 2. The Morgan fingerprint density at radius 2 is 1.80 bits per heavy atom. The van der Waals surface area contributed by atoms with Gasteiger partial charge < -0.3 is 20.6 Å². The van der Waals surface area contributed by atoms with Crippen molar-refractivity contribution in [3.63, 3.8) is 0 Å². The van der Waals surface area contributed by atoms with Crippen LogP contribution in [0.25, 0.3) is 21.3 Å². The summed E-state index contributed by atoms with van der Waals surface area (Å²) in [6.07, 6.45) is 5.96. The van der Waals surface area contributed by atoms with Crippen LogP contribution in [0.4, 0.5) is 21.6 Å². The first-order chi connectivity index (χ1) is 19.3. The highest BCUT2D eigenvalue weighted by Crippen LogP contribution is 2.37. The van der Waals surface area contributed by atoms with Crippen LogP contribution in [0.5, 0.6) is 0 Å². The van der Waals surface area contributed by atoms with Gasteiger partial charge in [0.1, 0.15) is 5.69 Å². The van der Waals surface area contributed by atoms with Crippen molar-refractivity contribution in [3.8, 4) is 11.1 Å². The van der Waals surface area contributed by atoms with Crippen molar-refractivity contribution in [2.45, 2.75) is 26.7 Å². The van der Waals surface area contributed by atoms with Crippen molar-refractivity contribution in [1.82, 2.24) is 25.3 Å².